The summed E-state index contributed by atoms with van der Waals surface area (Å²) in [4.78, 5) is 0. The summed E-state index contributed by atoms with van der Waals surface area (Å²) in [5.74, 6) is 0. The van der Waals surface area contributed by atoms with Crippen molar-refractivity contribution in [2.75, 3.05) is 0 Å². The van der Waals surface area contributed by atoms with Gasteiger partial charge in [0.05, 0.1) is 0 Å². The molecule has 0 spiro atoms. The summed E-state index contributed by atoms with van der Waals surface area (Å²) in [5.41, 5.74) is 6.69. The molecule has 0 amide bonds. The molecule has 0 fully saturated rings. The summed E-state index contributed by atoms with van der Waals surface area (Å²) < 4.78 is 0. The van der Waals surface area contributed by atoms with E-state index in [-0.39, 0.29) is 52.1 Å². The van der Waals surface area contributed by atoms with Crippen LogP contribution in [0.25, 0.3) is 16.5 Å². The second kappa shape index (κ2) is 15.7. The molecule has 0 aliphatic heterocycles. The quantitative estimate of drug-likeness (QED) is 0.432. The molecule has 0 bridgehead atoms. The van der Waals surface area contributed by atoms with Crippen LogP contribution in [0.4, 0.5) is 0 Å². The van der Waals surface area contributed by atoms with Crippen LogP contribution in [-0.2, 0) is 21.7 Å². The van der Waals surface area contributed by atoms with E-state index in [1.807, 2.05) is 20.8 Å². The first-order valence-electron chi connectivity index (χ1n) is 5.82. The van der Waals surface area contributed by atoms with E-state index in [9.17, 15) is 0 Å². The fraction of sp³-hybridized carbons (Fsp3) is 0.400. The third-order valence-corrected chi connectivity index (χ3v) is 1.55. The zero-order valence-electron chi connectivity index (χ0n) is 12.8. The first-order chi connectivity index (χ1) is 7.88. The Morgan fingerprint density at radius 3 is 1.80 bits per heavy atom. The number of hydrogen-bond acceptors (Lipinski definition) is 0. The smallest absolute Gasteiger partial charge is 1.00 e. The Morgan fingerprint density at radius 2 is 1.40 bits per heavy atom. The molecule has 5 heteroatoms. The van der Waals surface area contributed by atoms with Crippen LogP contribution in [-0.4, -0.2) is 15.1 Å². The Balaban J connectivity index is -0.000000103. The zero-order chi connectivity index (χ0) is 13.3. The van der Waals surface area contributed by atoms with E-state index < -0.39 is 0 Å². The van der Waals surface area contributed by atoms with Gasteiger partial charge in [0, 0.05) is 9.52 Å². The van der Waals surface area contributed by atoms with Crippen molar-refractivity contribution >= 4 is 20.3 Å². The molecule has 0 unspecified atom stereocenters. The summed E-state index contributed by atoms with van der Waals surface area (Å²) in [6.45, 7) is 9.87. The van der Waals surface area contributed by atoms with Crippen LogP contribution < -0.4 is 24.8 Å². The van der Waals surface area contributed by atoms with Gasteiger partial charge in [-0.1, -0.05) is 39.9 Å². The molecule has 1 N–H and O–H groups in total. The van der Waals surface area contributed by atoms with E-state index in [4.69, 9.17) is 5.73 Å². The SMILES string of the molecule is CC(C)(C)[NH-].C[Si]C.[Cl-].[Cl-].[Ti+4].c1ccc2[cH-]ccc2c1. The van der Waals surface area contributed by atoms with Crippen LogP contribution in [0, 0.1) is 0 Å². The monoisotopic (exact) mass is 363 g/mol. The van der Waals surface area contributed by atoms with Crippen molar-refractivity contribution in [1.82, 2.24) is 0 Å². The summed E-state index contributed by atoms with van der Waals surface area (Å²) in [6, 6.07) is 14.7. The van der Waals surface area contributed by atoms with Crippen molar-refractivity contribution in [2.45, 2.75) is 39.4 Å². The molecule has 0 saturated heterocycles. The summed E-state index contributed by atoms with van der Waals surface area (Å²) in [6.07, 6.45) is 0. The normalized spacial score (nSPS) is 8.50. The van der Waals surface area contributed by atoms with E-state index in [0.717, 1.165) is 9.52 Å². The maximum Gasteiger partial charge on any atom is 4.00 e. The van der Waals surface area contributed by atoms with Crippen LogP contribution in [0.15, 0.2) is 42.5 Å². The zero-order valence-corrected chi connectivity index (χ0v) is 16.9. The van der Waals surface area contributed by atoms with E-state index in [2.05, 4.69) is 55.6 Å². The van der Waals surface area contributed by atoms with Gasteiger partial charge in [0.15, 0.2) is 0 Å². The van der Waals surface area contributed by atoms with Gasteiger partial charge in [-0.25, -0.2) is 0 Å². The van der Waals surface area contributed by atoms with Crippen LogP contribution in [0.2, 0.25) is 13.1 Å². The fourth-order valence-corrected chi connectivity index (χ4v) is 1.07. The minimum atomic E-state index is -0.250. The van der Waals surface area contributed by atoms with Gasteiger partial charge in [-0.3, -0.25) is 0 Å². The second-order valence-corrected chi connectivity index (χ2v) is 5.90. The average molecular weight is 364 g/mol. The molecular weight excluding hydrogens is 341 g/mol. The van der Waals surface area contributed by atoms with Gasteiger partial charge in [-0.2, -0.15) is 17.5 Å². The maximum absolute atomic E-state index is 6.94. The summed E-state index contributed by atoms with van der Waals surface area (Å²) in [5, 5.41) is 2.66. The van der Waals surface area contributed by atoms with Crippen LogP contribution >= 0.6 is 0 Å². The molecular formula is C15H23Cl2NSiTi. The number of fused-ring (bicyclic) bond motifs is 1. The van der Waals surface area contributed by atoms with Crippen molar-refractivity contribution in [3.05, 3.63) is 48.2 Å². The van der Waals surface area contributed by atoms with Gasteiger partial charge in [0.2, 0.25) is 0 Å². The van der Waals surface area contributed by atoms with Gasteiger partial charge < -0.3 is 30.5 Å². The Hall–Kier alpha value is 0.301. The molecule has 0 aromatic heterocycles. The topological polar surface area (TPSA) is 23.8 Å². The maximum atomic E-state index is 6.94. The Bertz CT molecular complexity index is 377. The Labute approximate surface area is 154 Å². The van der Waals surface area contributed by atoms with Crippen molar-refractivity contribution in [3.8, 4) is 0 Å². The first kappa shape index (κ1) is 28.5. The van der Waals surface area contributed by atoms with Gasteiger partial charge in [0.1, 0.15) is 0 Å². The largest absolute Gasteiger partial charge is 4.00 e. The predicted octanol–water partition coefficient (Wildman–Crippen LogP) is -0.812. The molecule has 20 heavy (non-hydrogen) atoms. The van der Waals surface area contributed by atoms with Crippen LogP contribution in [0.5, 0.6) is 0 Å². The van der Waals surface area contributed by atoms with E-state index in [0.29, 0.717) is 0 Å². The van der Waals surface area contributed by atoms with Gasteiger partial charge in [-0.05, 0) is 0 Å². The predicted molar refractivity (Wildman–Crippen MR) is 81.1 cm³/mol. The first-order valence-corrected chi connectivity index (χ1v) is 7.82. The van der Waals surface area contributed by atoms with Gasteiger partial charge in [0.25, 0.3) is 0 Å². The van der Waals surface area contributed by atoms with Gasteiger partial charge in [-0.15, -0.1) is 35.2 Å². The van der Waals surface area contributed by atoms with E-state index >= 15 is 0 Å². The van der Waals surface area contributed by atoms with E-state index in [1.54, 1.807) is 0 Å². The molecule has 2 aromatic carbocycles. The van der Waals surface area contributed by atoms with Crippen LogP contribution in [0.1, 0.15) is 20.8 Å². The molecule has 2 radical (unpaired) electrons. The standard InChI is InChI=1S/C9H7.C4H10N.C2H6Si.2ClH.Ti/c1-2-5-9-7-3-6-8(9)4-1;1-4(2,3)5;1-3-2;;;/h1-7H;5H,1-3H3;1-2H3;2*1H;/q2*-1;;;;+4/p-2. The third kappa shape index (κ3) is 18.3. The number of benzene rings is 1. The molecule has 1 nitrogen and oxygen atoms in total. The second-order valence-electron chi connectivity index (χ2n) is 4.90. The number of halogens is 2. The summed E-state index contributed by atoms with van der Waals surface area (Å²) >= 11 is 0. The number of nitrogens with one attached hydrogen (secondary N) is 1. The minimum absolute atomic E-state index is 0. The number of rotatable bonds is 0. The molecule has 0 aliphatic rings. The molecule has 0 atom stereocenters. The third-order valence-electron chi connectivity index (χ3n) is 1.55. The molecule has 110 valence electrons. The average Bonchev–Trinajstić information content (AvgIpc) is 2.63. The Kier molecular flexibility index (Phi) is 22.3. The van der Waals surface area contributed by atoms with Crippen molar-refractivity contribution in [2.24, 2.45) is 0 Å². The van der Waals surface area contributed by atoms with Crippen molar-refractivity contribution < 1.29 is 46.5 Å². The molecule has 2 aromatic rings. The molecule has 0 aliphatic carbocycles. The van der Waals surface area contributed by atoms with Crippen molar-refractivity contribution in [3.63, 3.8) is 0 Å². The van der Waals surface area contributed by atoms with Crippen LogP contribution in [0.3, 0.4) is 0 Å². The van der Waals surface area contributed by atoms with E-state index in [1.165, 1.54) is 10.8 Å². The summed E-state index contributed by atoms with van der Waals surface area (Å²) in [7, 11) is 1.08. The molecule has 0 heterocycles. The Morgan fingerprint density at radius 1 is 1.00 bits per heavy atom. The molecule has 2 rings (SSSR count). The minimum Gasteiger partial charge on any atom is -1.00 e. The van der Waals surface area contributed by atoms with Crippen molar-refractivity contribution in [1.29, 1.82) is 0 Å². The molecule has 0 saturated carbocycles. The fourth-order valence-electron chi connectivity index (χ4n) is 1.07. The van der Waals surface area contributed by atoms with Gasteiger partial charge >= 0.3 is 21.7 Å². The number of hydrogen-bond donors (Lipinski definition) is 0.